The Hall–Kier alpha value is -0.900. The van der Waals surface area contributed by atoms with Crippen molar-refractivity contribution in [3.05, 3.63) is 0 Å². The van der Waals surface area contributed by atoms with E-state index in [0.29, 0.717) is 0 Å². The topological polar surface area (TPSA) is 72.2 Å². The van der Waals surface area contributed by atoms with Crippen molar-refractivity contribution in [2.24, 2.45) is 11.7 Å². The lowest BCUT2D eigenvalue weighted by Crippen LogP contribution is -2.35. The van der Waals surface area contributed by atoms with E-state index in [0.717, 1.165) is 0 Å². The summed E-state index contributed by atoms with van der Waals surface area (Å²) in [7, 11) is 0. The number of nitrogens with one attached hydrogen (secondary N) is 1. The van der Waals surface area contributed by atoms with Crippen LogP contribution in [0.5, 0.6) is 0 Å². The van der Waals surface area contributed by atoms with Crippen LogP contribution in [0.1, 0.15) is 21.3 Å². The van der Waals surface area contributed by atoms with E-state index in [4.69, 9.17) is 5.73 Å². The van der Waals surface area contributed by atoms with Gasteiger partial charge in [-0.2, -0.15) is 0 Å². The second kappa shape index (κ2) is 6.79. The highest BCUT2D eigenvalue weighted by atomic mass is 16.2. The zero-order valence-corrected chi connectivity index (χ0v) is 6.89. The molecule has 0 aromatic heterocycles. The molecule has 0 saturated carbocycles. The number of nitrogens with two attached hydrogens (primary N) is 1. The molecule has 72 valence electrons. The van der Waals surface area contributed by atoms with Crippen LogP contribution in [0.15, 0.2) is 0 Å². The van der Waals surface area contributed by atoms with Gasteiger partial charge in [-0.15, -0.1) is 0 Å². The van der Waals surface area contributed by atoms with Crippen molar-refractivity contribution < 1.29 is 9.59 Å². The molecule has 0 atom stereocenters. The van der Waals surface area contributed by atoms with Gasteiger partial charge in [0.1, 0.15) is 0 Å². The van der Waals surface area contributed by atoms with Crippen molar-refractivity contribution in [2.75, 3.05) is 13.1 Å². The monoisotopic (exact) mass is 174 g/mol. The summed E-state index contributed by atoms with van der Waals surface area (Å²) in [5.41, 5.74) is 5.01. The molecule has 0 saturated heterocycles. The van der Waals surface area contributed by atoms with E-state index in [-0.39, 0.29) is 38.1 Å². The lowest BCUT2D eigenvalue weighted by Gasteiger charge is -2.04. The minimum atomic E-state index is -0.293. The molecule has 0 spiro atoms. The molecular weight excluding hydrogens is 156 g/mol. The third-order valence-corrected chi connectivity index (χ3v) is 1.29. The summed E-state index contributed by atoms with van der Waals surface area (Å²) < 4.78 is 0. The van der Waals surface area contributed by atoms with Crippen LogP contribution >= 0.6 is 0 Å². The molecule has 0 radical (unpaired) electrons. The van der Waals surface area contributed by atoms with Crippen molar-refractivity contribution in [2.45, 2.75) is 21.3 Å². The molecule has 0 aliphatic carbocycles. The molecule has 4 heteroatoms. The first-order valence-corrected chi connectivity index (χ1v) is 3.57. The largest absolute Gasteiger partial charge is 0.348 e. The Balaban J connectivity index is 0. The summed E-state index contributed by atoms with van der Waals surface area (Å²) in [4.78, 5) is 21.5. The molecule has 4 nitrogen and oxygen atoms in total. The van der Waals surface area contributed by atoms with Gasteiger partial charge in [0, 0.05) is 5.92 Å². The maximum Gasteiger partial charge on any atom is 0.234 e. The molecule has 0 aromatic carbocycles. The first kappa shape index (κ1) is 13.7. The number of ketones is 1. The molecule has 12 heavy (non-hydrogen) atoms. The lowest BCUT2D eigenvalue weighted by atomic mass is 10.1. The van der Waals surface area contributed by atoms with E-state index in [1.807, 2.05) is 0 Å². The third kappa shape index (κ3) is 5.85. The van der Waals surface area contributed by atoms with Gasteiger partial charge >= 0.3 is 0 Å². The fraction of sp³-hybridized carbons (Fsp3) is 0.750. The average Bonchev–Trinajstić information content (AvgIpc) is 1.99. The van der Waals surface area contributed by atoms with Crippen molar-refractivity contribution in [1.82, 2.24) is 5.32 Å². The Morgan fingerprint density at radius 2 is 1.92 bits per heavy atom. The molecule has 0 aliphatic rings. The Bertz CT molecular complexity index is 155. The summed E-state index contributed by atoms with van der Waals surface area (Å²) in [6, 6.07) is 0. The van der Waals surface area contributed by atoms with E-state index in [1.165, 1.54) is 0 Å². The Morgan fingerprint density at radius 3 is 2.25 bits per heavy atom. The van der Waals surface area contributed by atoms with E-state index >= 15 is 0 Å². The number of hydrogen-bond acceptors (Lipinski definition) is 3. The second-order valence-electron chi connectivity index (χ2n) is 2.60. The highest BCUT2D eigenvalue weighted by molar-refractivity contribution is 5.87. The van der Waals surface area contributed by atoms with Crippen LogP contribution in [0.3, 0.4) is 0 Å². The van der Waals surface area contributed by atoms with Crippen LogP contribution in [0.25, 0.3) is 0 Å². The summed E-state index contributed by atoms with van der Waals surface area (Å²) in [6.45, 7) is 3.60. The van der Waals surface area contributed by atoms with Crippen LogP contribution in [-0.4, -0.2) is 24.8 Å². The van der Waals surface area contributed by atoms with Gasteiger partial charge < -0.3 is 11.1 Å². The number of carbonyl (C=O) groups excluding carboxylic acids is 2. The Kier molecular flexibility index (Phi) is 7.73. The maximum absolute atomic E-state index is 10.9. The predicted octanol–water partition coefficient (Wildman–Crippen LogP) is -0.0775. The smallest absolute Gasteiger partial charge is 0.234 e. The van der Waals surface area contributed by atoms with Crippen LogP contribution in [0.2, 0.25) is 0 Å². The van der Waals surface area contributed by atoms with E-state index in [2.05, 4.69) is 5.32 Å². The standard InChI is InChI=1S/C7H14N2O2.CH4/c1-5(2)6(10)4-9-7(11)3-8;/h5H,3-4,8H2,1-2H3,(H,9,11);1H4. The SMILES string of the molecule is C.CC(C)C(=O)CNC(=O)CN. The van der Waals surface area contributed by atoms with Gasteiger partial charge in [-0.3, -0.25) is 9.59 Å². The van der Waals surface area contributed by atoms with Crippen molar-refractivity contribution in [3.8, 4) is 0 Å². The molecule has 0 rings (SSSR count). The fourth-order valence-corrected chi connectivity index (χ4v) is 0.462. The molecule has 0 heterocycles. The van der Waals surface area contributed by atoms with Crippen molar-refractivity contribution >= 4 is 11.7 Å². The van der Waals surface area contributed by atoms with Crippen molar-refractivity contribution in [3.63, 3.8) is 0 Å². The Morgan fingerprint density at radius 1 is 1.42 bits per heavy atom. The van der Waals surface area contributed by atoms with E-state index in [1.54, 1.807) is 13.8 Å². The zero-order chi connectivity index (χ0) is 8.85. The third-order valence-electron chi connectivity index (χ3n) is 1.29. The highest BCUT2D eigenvalue weighted by Crippen LogP contribution is 1.91. The second-order valence-corrected chi connectivity index (χ2v) is 2.60. The van der Waals surface area contributed by atoms with Crippen LogP contribution in [0.4, 0.5) is 0 Å². The first-order valence-electron chi connectivity index (χ1n) is 3.57. The van der Waals surface area contributed by atoms with E-state index < -0.39 is 0 Å². The summed E-state index contributed by atoms with van der Waals surface area (Å²) in [5, 5.41) is 2.40. The minimum absolute atomic E-state index is 0. The van der Waals surface area contributed by atoms with Gasteiger partial charge in [0.15, 0.2) is 5.78 Å². The molecule has 0 aliphatic heterocycles. The van der Waals surface area contributed by atoms with Crippen LogP contribution in [-0.2, 0) is 9.59 Å². The molecule has 0 aromatic rings. The van der Waals surface area contributed by atoms with Crippen LogP contribution < -0.4 is 11.1 Å². The lowest BCUT2D eigenvalue weighted by molar-refractivity contribution is -0.125. The number of carbonyl (C=O) groups is 2. The molecule has 0 unspecified atom stereocenters. The van der Waals surface area contributed by atoms with Gasteiger partial charge in [-0.1, -0.05) is 21.3 Å². The summed E-state index contributed by atoms with van der Waals surface area (Å²) in [6.07, 6.45) is 0. The minimum Gasteiger partial charge on any atom is -0.348 e. The van der Waals surface area contributed by atoms with Gasteiger partial charge in [-0.05, 0) is 0 Å². The van der Waals surface area contributed by atoms with Gasteiger partial charge in [0.2, 0.25) is 5.91 Å². The number of rotatable bonds is 4. The number of amides is 1. The fourth-order valence-electron chi connectivity index (χ4n) is 0.462. The first-order chi connectivity index (χ1) is 5.07. The van der Waals surface area contributed by atoms with Gasteiger partial charge in [-0.25, -0.2) is 0 Å². The molecule has 0 fully saturated rings. The molecule has 1 amide bonds. The Labute approximate surface area is 73.5 Å². The number of hydrogen-bond donors (Lipinski definition) is 2. The molecular formula is C8H18N2O2. The zero-order valence-electron chi connectivity index (χ0n) is 6.89. The number of Topliss-reactive ketones (excluding diaryl/α,β-unsaturated/α-hetero) is 1. The molecule has 3 N–H and O–H groups in total. The van der Waals surface area contributed by atoms with Gasteiger partial charge in [0.25, 0.3) is 0 Å². The van der Waals surface area contributed by atoms with Crippen LogP contribution in [0, 0.1) is 5.92 Å². The average molecular weight is 174 g/mol. The quantitative estimate of drug-likeness (QED) is 0.626. The summed E-state index contributed by atoms with van der Waals surface area (Å²) in [5.74, 6) is -0.307. The molecule has 0 bridgehead atoms. The maximum atomic E-state index is 10.9. The van der Waals surface area contributed by atoms with Crippen molar-refractivity contribution in [1.29, 1.82) is 0 Å². The van der Waals surface area contributed by atoms with E-state index in [9.17, 15) is 9.59 Å². The van der Waals surface area contributed by atoms with Gasteiger partial charge in [0.05, 0.1) is 13.1 Å². The summed E-state index contributed by atoms with van der Waals surface area (Å²) >= 11 is 0. The normalized spacial score (nSPS) is 9.00. The predicted molar refractivity (Wildman–Crippen MR) is 48.6 cm³/mol. The highest BCUT2D eigenvalue weighted by Gasteiger charge is 2.07.